The summed E-state index contributed by atoms with van der Waals surface area (Å²) < 4.78 is 2.41. The van der Waals surface area contributed by atoms with Gasteiger partial charge in [0.25, 0.3) is 0 Å². The molecule has 10 rings (SSSR count). The molecule has 1 aromatic heterocycles. The average Bonchev–Trinajstić information content (AvgIpc) is 3.61. The normalized spacial score (nSPS) is 11.5. The van der Waals surface area contributed by atoms with E-state index in [9.17, 15) is 0 Å². The summed E-state index contributed by atoms with van der Waals surface area (Å²) in [5, 5.41) is 6.13. The maximum atomic E-state index is 2.41. The summed E-state index contributed by atoms with van der Waals surface area (Å²) in [4.78, 5) is 2.35. The van der Waals surface area contributed by atoms with E-state index in [1.54, 1.807) is 0 Å². The summed E-state index contributed by atoms with van der Waals surface area (Å²) in [6.07, 6.45) is 4.45. The monoisotopic (exact) mass is 714 g/mol. The fourth-order valence-corrected chi connectivity index (χ4v) is 8.03. The standard InChI is InChI=1S/C54H38N2/c1-4-16-43(17-5-1)53-51-36-40(28-35-52(51)56(47-22-8-3-9-23-47)54(53)44-18-6-2-7-19-44)25-24-39-26-31-48(32-27-39)55(49-33-29-41-14-10-12-20-45(41)37-49)50-34-30-42-15-11-13-21-46(42)38-50/h1-38H/b25-24+. The van der Waals surface area contributed by atoms with E-state index in [1.807, 2.05) is 0 Å². The van der Waals surface area contributed by atoms with Crippen molar-refractivity contribution in [3.63, 3.8) is 0 Å². The van der Waals surface area contributed by atoms with E-state index in [0.29, 0.717) is 0 Å². The van der Waals surface area contributed by atoms with Gasteiger partial charge in [-0.3, -0.25) is 0 Å². The van der Waals surface area contributed by atoms with Crippen LogP contribution in [0, 0.1) is 0 Å². The first-order valence-corrected chi connectivity index (χ1v) is 19.2. The van der Waals surface area contributed by atoms with Gasteiger partial charge in [0.15, 0.2) is 0 Å². The molecule has 0 aliphatic heterocycles. The van der Waals surface area contributed by atoms with Crippen LogP contribution >= 0.6 is 0 Å². The van der Waals surface area contributed by atoms with E-state index < -0.39 is 0 Å². The second kappa shape index (κ2) is 14.4. The van der Waals surface area contributed by atoms with Gasteiger partial charge in [-0.05, 0) is 104 Å². The third-order valence-corrected chi connectivity index (χ3v) is 10.7. The van der Waals surface area contributed by atoms with Crippen molar-refractivity contribution < 1.29 is 0 Å². The van der Waals surface area contributed by atoms with Crippen LogP contribution in [-0.4, -0.2) is 4.57 Å². The molecular weight excluding hydrogens is 677 g/mol. The van der Waals surface area contributed by atoms with Gasteiger partial charge in [0.05, 0.1) is 11.2 Å². The second-order valence-corrected chi connectivity index (χ2v) is 14.2. The number of benzene rings is 9. The lowest BCUT2D eigenvalue weighted by Gasteiger charge is -2.26. The molecule has 0 saturated heterocycles. The van der Waals surface area contributed by atoms with E-state index in [4.69, 9.17) is 0 Å². The maximum absolute atomic E-state index is 2.41. The Morgan fingerprint density at radius 1 is 0.357 bits per heavy atom. The van der Waals surface area contributed by atoms with Gasteiger partial charge in [-0.2, -0.15) is 0 Å². The van der Waals surface area contributed by atoms with Crippen LogP contribution in [0.3, 0.4) is 0 Å². The van der Waals surface area contributed by atoms with Crippen molar-refractivity contribution in [2.75, 3.05) is 4.90 Å². The smallest absolute Gasteiger partial charge is 0.0619 e. The topological polar surface area (TPSA) is 8.17 Å². The van der Waals surface area contributed by atoms with Crippen LogP contribution in [0.25, 0.3) is 72.7 Å². The predicted octanol–water partition coefficient (Wildman–Crippen LogP) is 14.9. The molecule has 0 spiro atoms. The number of aromatic nitrogens is 1. The zero-order valence-electron chi connectivity index (χ0n) is 30.8. The first kappa shape index (κ1) is 33.2. The maximum Gasteiger partial charge on any atom is 0.0619 e. The third-order valence-electron chi connectivity index (χ3n) is 10.7. The van der Waals surface area contributed by atoms with E-state index in [1.165, 1.54) is 54.8 Å². The number of hydrogen-bond donors (Lipinski definition) is 0. The lowest BCUT2D eigenvalue weighted by molar-refractivity contribution is 1.13. The molecule has 9 aromatic carbocycles. The molecule has 0 unspecified atom stereocenters. The molecule has 1 heterocycles. The van der Waals surface area contributed by atoms with E-state index >= 15 is 0 Å². The summed E-state index contributed by atoms with van der Waals surface area (Å²) in [5.41, 5.74) is 12.8. The number of hydrogen-bond acceptors (Lipinski definition) is 1. The summed E-state index contributed by atoms with van der Waals surface area (Å²) >= 11 is 0. The number of anilines is 3. The Balaban J connectivity index is 1.05. The van der Waals surface area contributed by atoms with E-state index in [2.05, 4.69) is 240 Å². The molecule has 0 aliphatic carbocycles. The molecule has 0 atom stereocenters. The highest BCUT2D eigenvalue weighted by Crippen LogP contribution is 2.43. The lowest BCUT2D eigenvalue weighted by Crippen LogP contribution is -2.09. The van der Waals surface area contributed by atoms with Crippen LogP contribution in [0.2, 0.25) is 0 Å². The third kappa shape index (κ3) is 6.24. The zero-order chi connectivity index (χ0) is 37.3. The summed E-state index contributed by atoms with van der Waals surface area (Å²) in [6, 6.07) is 78.5. The molecule has 0 aliphatic rings. The van der Waals surface area contributed by atoms with Crippen molar-refractivity contribution in [1.29, 1.82) is 0 Å². The summed E-state index contributed by atoms with van der Waals surface area (Å²) in [7, 11) is 0. The Bertz CT molecular complexity index is 2920. The molecule has 0 saturated carbocycles. The highest BCUT2D eigenvalue weighted by atomic mass is 15.1. The molecular formula is C54H38N2. The number of fused-ring (bicyclic) bond motifs is 3. The van der Waals surface area contributed by atoms with Gasteiger partial charge in [0.2, 0.25) is 0 Å². The minimum absolute atomic E-state index is 1.11. The van der Waals surface area contributed by atoms with Gasteiger partial charge in [-0.25, -0.2) is 0 Å². The molecule has 2 nitrogen and oxygen atoms in total. The van der Waals surface area contributed by atoms with Gasteiger partial charge < -0.3 is 9.47 Å². The molecule has 56 heavy (non-hydrogen) atoms. The van der Waals surface area contributed by atoms with E-state index in [-0.39, 0.29) is 0 Å². The van der Waals surface area contributed by atoms with Gasteiger partial charge in [0, 0.05) is 33.7 Å². The van der Waals surface area contributed by atoms with Gasteiger partial charge in [0.1, 0.15) is 0 Å². The minimum atomic E-state index is 1.11. The van der Waals surface area contributed by atoms with Crippen molar-refractivity contribution in [2.24, 2.45) is 0 Å². The molecule has 0 amide bonds. The quantitative estimate of drug-likeness (QED) is 0.142. The van der Waals surface area contributed by atoms with Gasteiger partial charge in [-0.15, -0.1) is 0 Å². The number of nitrogens with zero attached hydrogens (tertiary/aromatic N) is 2. The fourth-order valence-electron chi connectivity index (χ4n) is 8.03. The fraction of sp³-hybridized carbons (Fsp3) is 0. The molecule has 264 valence electrons. The van der Waals surface area contributed by atoms with Crippen molar-refractivity contribution in [1.82, 2.24) is 4.57 Å². The lowest BCUT2D eigenvalue weighted by atomic mass is 9.97. The SMILES string of the molecule is C(=C\c1ccc2c(c1)c(-c1ccccc1)c(-c1ccccc1)n2-c1ccccc1)/c1ccc(N(c2ccc3ccccc3c2)c2ccc3ccccc3c2)cc1. The average molecular weight is 715 g/mol. The first-order chi connectivity index (χ1) is 27.8. The second-order valence-electron chi connectivity index (χ2n) is 14.2. The highest BCUT2D eigenvalue weighted by Gasteiger charge is 2.21. The van der Waals surface area contributed by atoms with Crippen LogP contribution in [0.1, 0.15) is 11.1 Å². The van der Waals surface area contributed by atoms with E-state index in [0.717, 1.165) is 33.9 Å². The Labute approximate surface area is 327 Å². The van der Waals surface area contributed by atoms with Crippen molar-refractivity contribution in [3.8, 4) is 28.1 Å². The minimum Gasteiger partial charge on any atom is -0.310 e. The highest BCUT2D eigenvalue weighted by molar-refractivity contribution is 6.06. The number of para-hydroxylation sites is 1. The van der Waals surface area contributed by atoms with Crippen LogP contribution in [-0.2, 0) is 0 Å². The Hall–Kier alpha value is -7.42. The van der Waals surface area contributed by atoms with Crippen molar-refractivity contribution in [2.45, 2.75) is 0 Å². The molecule has 0 N–H and O–H groups in total. The largest absolute Gasteiger partial charge is 0.310 e. The van der Waals surface area contributed by atoms with Crippen molar-refractivity contribution >= 4 is 61.7 Å². The van der Waals surface area contributed by atoms with Crippen LogP contribution < -0.4 is 4.90 Å². The Morgan fingerprint density at radius 3 is 1.45 bits per heavy atom. The number of rotatable bonds is 8. The summed E-state index contributed by atoms with van der Waals surface area (Å²) in [6.45, 7) is 0. The summed E-state index contributed by atoms with van der Waals surface area (Å²) in [5.74, 6) is 0. The van der Waals surface area contributed by atoms with Gasteiger partial charge >= 0.3 is 0 Å². The molecule has 2 heteroatoms. The molecule has 0 bridgehead atoms. The van der Waals surface area contributed by atoms with Crippen LogP contribution in [0.4, 0.5) is 17.1 Å². The Kier molecular flexibility index (Phi) is 8.55. The molecule has 0 fully saturated rings. The first-order valence-electron chi connectivity index (χ1n) is 19.2. The van der Waals surface area contributed by atoms with Crippen LogP contribution in [0.5, 0.6) is 0 Å². The molecule has 0 radical (unpaired) electrons. The predicted molar refractivity (Wildman–Crippen MR) is 239 cm³/mol. The van der Waals surface area contributed by atoms with Crippen molar-refractivity contribution in [3.05, 3.63) is 230 Å². The molecule has 10 aromatic rings. The zero-order valence-corrected chi connectivity index (χ0v) is 30.8. The van der Waals surface area contributed by atoms with Gasteiger partial charge in [-0.1, -0.05) is 170 Å². The van der Waals surface area contributed by atoms with Crippen LogP contribution in [0.15, 0.2) is 218 Å². The Morgan fingerprint density at radius 2 is 0.839 bits per heavy atom.